The first-order chi connectivity index (χ1) is 23.9. The van der Waals surface area contributed by atoms with Gasteiger partial charge in [-0.05, 0) is 61.1 Å². The summed E-state index contributed by atoms with van der Waals surface area (Å²) in [6, 6.07) is 16.3. The third-order valence-electron chi connectivity index (χ3n) is 9.54. The van der Waals surface area contributed by atoms with Crippen LogP contribution in [-0.2, 0) is 33.0 Å². The van der Waals surface area contributed by atoms with Crippen molar-refractivity contribution in [3.63, 3.8) is 0 Å². The zero-order chi connectivity index (χ0) is 35.0. The van der Waals surface area contributed by atoms with E-state index < -0.39 is 23.6 Å². The first-order valence-electron chi connectivity index (χ1n) is 16.2. The Morgan fingerprint density at radius 3 is 1.52 bits per heavy atom. The minimum atomic E-state index is -4.49. The summed E-state index contributed by atoms with van der Waals surface area (Å²) in [4.78, 5) is 14.6. The van der Waals surface area contributed by atoms with Crippen molar-refractivity contribution in [3.8, 4) is 0 Å². The summed E-state index contributed by atoms with van der Waals surface area (Å²) in [7, 11) is 0. The summed E-state index contributed by atoms with van der Waals surface area (Å²) >= 11 is 0. The highest BCUT2D eigenvalue weighted by atomic mass is 19.4. The molecule has 2 aromatic heterocycles. The molecule has 4 aromatic rings. The number of nitrogens with zero attached hydrogens (tertiary/aromatic N) is 4. The van der Waals surface area contributed by atoms with Crippen LogP contribution in [0.5, 0.6) is 0 Å². The number of alkyl halides is 6. The molecule has 0 amide bonds. The number of fused-ring (bicyclic) bond motifs is 6. The number of anilines is 4. The van der Waals surface area contributed by atoms with E-state index in [4.69, 9.17) is 9.47 Å². The zero-order valence-electron chi connectivity index (χ0n) is 26.6. The van der Waals surface area contributed by atoms with Gasteiger partial charge in [-0.15, -0.1) is 0 Å². The SMILES string of the molecule is FC(F)(F)c1cnc(Nc2ccc(C34CCC(CO3)NC4)cc2)cn1.FC(F)(F)c1cnc(Nc2ccc(C34CCC(CO3)NC4)cc2)nc1. The molecule has 16 heteroatoms. The maximum atomic E-state index is 12.5. The number of benzene rings is 2. The second-order valence-corrected chi connectivity index (χ2v) is 12.8. The van der Waals surface area contributed by atoms with Gasteiger partial charge in [0.15, 0.2) is 5.69 Å². The Balaban J connectivity index is 0.000000157. The molecule has 264 valence electrons. The second kappa shape index (κ2) is 13.4. The number of halogens is 6. The number of rotatable bonds is 6. The van der Waals surface area contributed by atoms with E-state index in [0.717, 1.165) is 93.6 Å². The van der Waals surface area contributed by atoms with Gasteiger partial charge in [0.1, 0.15) is 17.0 Å². The predicted molar refractivity (Wildman–Crippen MR) is 171 cm³/mol. The Hall–Kier alpha value is -4.38. The fourth-order valence-corrected chi connectivity index (χ4v) is 6.59. The van der Waals surface area contributed by atoms with Crippen LogP contribution in [0.3, 0.4) is 0 Å². The van der Waals surface area contributed by atoms with Gasteiger partial charge in [0.2, 0.25) is 5.95 Å². The van der Waals surface area contributed by atoms with E-state index in [1.165, 1.54) is 0 Å². The van der Waals surface area contributed by atoms with Gasteiger partial charge in [-0.3, -0.25) is 0 Å². The third kappa shape index (κ3) is 7.38. The molecule has 50 heavy (non-hydrogen) atoms. The largest absolute Gasteiger partial charge is 0.434 e. The van der Waals surface area contributed by atoms with Crippen LogP contribution in [0.15, 0.2) is 73.3 Å². The molecule has 6 saturated heterocycles. The van der Waals surface area contributed by atoms with Gasteiger partial charge < -0.3 is 30.7 Å². The Kier molecular flexibility index (Phi) is 9.13. The van der Waals surface area contributed by atoms with Crippen LogP contribution in [0.2, 0.25) is 0 Å². The molecule has 10 nitrogen and oxygen atoms in total. The van der Waals surface area contributed by atoms with E-state index >= 15 is 0 Å². The van der Waals surface area contributed by atoms with E-state index in [1.54, 1.807) is 0 Å². The number of piperidine rings is 2. The highest BCUT2D eigenvalue weighted by molar-refractivity contribution is 5.56. The predicted octanol–water partition coefficient (Wildman–Crippen LogP) is 6.43. The van der Waals surface area contributed by atoms with Gasteiger partial charge in [-0.25, -0.2) is 19.9 Å². The first kappa shape index (κ1) is 34.1. The average Bonchev–Trinajstić information content (AvgIpc) is 3.14. The molecule has 4 bridgehead atoms. The topological polar surface area (TPSA) is 118 Å². The summed E-state index contributed by atoms with van der Waals surface area (Å²) in [5, 5.41) is 12.8. The molecule has 10 rings (SSSR count). The maximum Gasteiger partial charge on any atom is 0.434 e. The molecule has 0 radical (unpaired) electrons. The molecule has 0 aliphatic carbocycles. The monoisotopic (exact) mass is 700 g/mol. The molecule has 6 aliphatic rings. The molecule has 8 heterocycles. The quantitative estimate of drug-likeness (QED) is 0.168. The van der Waals surface area contributed by atoms with Crippen molar-refractivity contribution in [1.29, 1.82) is 0 Å². The minimum Gasteiger partial charge on any atom is -0.367 e. The van der Waals surface area contributed by atoms with E-state index in [0.29, 0.717) is 17.8 Å². The standard InChI is InChI=1S/2C17H17F3N4O/c18-17(19,20)12-7-21-15(22-8-12)24-13-3-1-11(2-4-13)16-6-5-14(9-25-16)23-10-16;18-17(19,20)14-7-22-15(8-21-14)24-12-3-1-11(2-4-12)16-6-5-13(9-25-16)23-10-16/h1-4,7-8,14,23H,5-6,9-10H2,(H,21,22,24);1-4,7-8,13,23H,5-6,9-10H2,(H,22,24). The first-order valence-corrected chi connectivity index (χ1v) is 16.2. The summed E-state index contributed by atoms with van der Waals surface area (Å²) in [5.74, 6) is 0.380. The van der Waals surface area contributed by atoms with Crippen LogP contribution in [0.4, 0.5) is 49.5 Å². The van der Waals surface area contributed by atoms with Crippen molar-refractivity contribution >= 4 is 23.1 Å². The van der Waals surface area contributed by atoms with Gasteiger partial charge in [0.25, 0.3) is 0 Å². The zero-order valence-corrected chi connectivity index (χ0v) is 26.6. The van der Waals surface area contributed by atoms with Crippen LogP contribution in [0.25, 0.3) is 0 Å². The number of ether oxygens (including phenoxy) is 2. The van der Waals surface area contributed by atoms with E-state index in [9.17, 15) is 26.3 Å². The number of aromatic nitrogens is 4. The van der Waals surface area contributed by atoms with Crippen molar-refractivity contribution in [1.82, 2.24) is 30.6 Å². The van der Waals surface area contributed by atoms with Crippen LogP contribution < -0.4 is 21.3 Å². The van der Waals surface area contributed by atoms with Gasteiger partial charge in [0, 0.05) is 48.9 Å². The van der Waals surface area contributed by atoms with Crippen molar-refractivity contribution in [2.45, 2.75) is 61.3 Å². The second-order valence-electron chi connectivity index (χ2n) is 12.8. The molecular formula is C34H34F6N8O2. The van der Waals surface area contributed by atoms with Gasteiger partial charge in [-0.1, -0.05) is 24.3 Å². The minimum absolute atomic E-state index is 0.120. The lowest BCUT2D eigenvalue weighted by molar-refractivity contribution is -0.141. The van der Waals surface area contributed by atoms with Gasteiger partial charge >= 0.3 is 12.4 Å². The van der Waals surface area contributed by atoms with Crippen molar-refractivity contribution in [2.75, 3.05) is 36.9 Å². The highest BCUT2D eigenvalue weighted by Crippen LogP contribution is 2.40. The molecule has 2 aromatic carbocycles. The summed E-state index contributed by atoms with van der Waals surface area (Å²) in [5.41, 5.74) is 1.19. The Morgan fingerprint density at radius 2 is 1.14 bits per heavy atom. The summed E-state index contributed by atoms with van der Waals surface area (Å²) in [6.07, 6.45) is -1.43. The highest BCUT2D eigenvalue weighted by Gasteiger charge is 2.44. The number of morpholine rings is 2. The van der Waals surface area contributed by atoms with Crippen molar-refractivity contribution in [3.05, 3.63) is 95.7 Å². The molecule has 6 fully saturated rings. The van der Waals surface area contributed by atoms with Crippen LogP contribution >= 0.6 is 0 Å². The van der Waals surface area contributed by atoms with Crippen LogP contribution in [-0.4, -0.2) is 58.3 Å². The Bertz CT molecular complexity index is 1580. The van der Waals surface area contributed by atoms with E-state index in [1.807, 2.05) is 48.5 Å². The van der Waals surface area contributed by atoms with Crippen molar-refractivity contribution < 1.29 is 35.8 Å². The normalized spacial score (nSPS) is 25.8. The molecule has 0 spiro atoms. The molecule has 4 unspecified atom stereocenters. The van der Waals surface area contributed by atoms with Gasteiger partial charge in [-0.2, -0.15) is 26.3 Å². The number of hydrogen-bond acceptors (Lipinski definition) is 10. The summed E-state index contributed by atoms with van der Waals surface area (Å²) < 4.78 is 87.2. The number of nitrogens with one attached hydrogen (secondary N) is 4. The molecular weight excluding hydrogens is 666 g/mol. The molecule has 4 atom stereocenters. The molecule has 6 aliphatic heterocycles. The lowest BCUT2D eigenvalue weighted by Gasteiger charge is -2.47. The van der Waals surface area contributed by atoms with E-state index in [2.05, 4.69) is 41.2 Å². The van der Waals surface area contributed by atoms with E-state index in [-0.39, 0.29) is 23.0 Å². The smallest absolute Gasteiger partial charge is 0.367 e. The van der Waals surface area contributed by atoms with Crippen LogP contribution in [0.1, 0.15) is 48.1 Å². The lowest BCUT2D eigenvalue weighted by atomic mass is 9.81. The van der Waals surface area contributed by atoms with Crippen molar-refractivity contribution in [2.24, 2.45) is 0 Å². The number of hydrogen-bond donors (Lipinski definition) is 4. The Labute approximate surface area is 283 Å². The fraction of sp³-hybridized carbons (Fsp3) is 0.412. The summed E-state index contributed by atoms with van der Waals surface area (Å²) in [6.45, 7) is 3.04. The van der Waals surface area contributed by atoms with Crippen LogP contribution in [0, 0.1) is 0 Å². The Morgan fingerprint density at radius 1 is 0.620 bits per heavy atom. The average molecular weight is 701 g/mol. The maximum absolute atomic E-state index is 12.5. The lowest BCUT2D eigenvalue weighted by Crippen LogP contribution is -2.57. The van der Waals surface area contributed by atoms with Gasteiger partial charge in [0.05, 0.1) is 31.2 Å². The fourth-order valence-electron chi connectivity index (χ4n) is 6.59. The molecule has 0 saturated carbocycles. The molecule has 4 N–H and O–H groups in total. The third-order valence-corrected chi connectivity index (χ3v) is 9.54.